The Morgan fingerprint density at radius 2 is 1.62 bits per heavy atom. The van der Waals surface area contributed by atoms with Crippen LogP contribution in [0.2, 0.25) is 5.02 Å². The van der Waals surface area contributed by atoms with Crippen LogP contribution in [0.25, 0.3) is 0 Å². The number of nitrogens with zero attached hydrogens (tertiary/aromatic N) is 1. The lowest BCUT2D eigenvalue weighted by atomic mass is 10.1. The minimum atomic E-state index is -0.282. The summed E-state index contributed by atoms with van der Waals surface area (Å²) >= 11 is 6.05. The fourth-order valence-corrected chi connectivity index (χ4v) is 3.57. The Kier molecular flexibility index (Phi) is 5.45. The summed E-state index contributed by atoms with van der Waals surface area (Å²) < 4.78 is 0. The number of nitrogens with one attached hydrogen (secondary N) is 2. The minimum absolute atomic E-state index is 0.235. The lowest BCUT2D eigenvalue weighted by molar-refractivity contribution is -1.02. The lowest BCUT2D eigenvalue weighted by Gasteiger charge is -2.29. The molecule has 2 N–H and O–H groups in total. The number of para-hydroxylation sites is 1. The molecule has 1 fully saturated rings. The predicted molar refractivity (Wildman–Crippen MR) is 93.3 cm³/mol. The van der Waals surface area contributed by atoms with E-state index in [1.54, 1.807) is 17.0 Å². The number of rotatable bonds is 5. The topological polar surface area (TPSA) is 52.0 Å². The van der Waals surface area contributed by atoms with Crippen LogP contribution in [0.15, 0.2) is 48.5 Å². The zero-order valence-electron chi connectivity index (χ0n) is 13.5. The van der Waals surface area contributed by atoms with Crippen LogP contribution in [0.3, 0.4) is 0 Å². The summed E-state index contributed by atoms with van der Waals surface area (Å²) in [5, 5.41) is 11.9. The number of nitro benzene ring substituents is 1. The summed E-state index contributed by atoms with van der Waals surface area (Å²) in [6, 6.07) is 15.1. The van der Waals surface area contributed by atoms with Gasteiger partial charge in [0.1, 0.15) is 39.3 Å². The van der Waals surface area contributed by atoms with Crippen molar-refractivity contribution in [3.8, 4) is 0 Å². The normalized spacial score (nSPS) is 20.7. The van der Waals surface area contributed by atoms with Crippen molar-refractivity contribution in [3.63, 3.8) is 0 Å². The van der Waals surface area contributed by atoms with Crippen LogP contribution in [0, 0.1) is 10.1 Å². The summed E-state index contributed by atoms with van der Waals surface area (Å²) in [6.07, 6.45) is 0. The van der Waals surface area contributed by atoms with Crippen LogP contribution in [0.4, 0.5) is 5.69 Å². The summed E-state index contributed by atoms with van der Waals surface area (Å²) in [4.78, 5) is 13.8. The van der Waals surface area contributed by atoms with Gasteiger partial charge in [-0.15, -0.1) is 0 Å². The maximum absolute atomic E-state index is 11.1. The van der Waals surface area contributed by atoms with Crippen molar-refractivity contribution in [2.24, 2.45) is 0 Å². The molecule has 0 bridgehead atoms. The van der Waals surface area contributed by atoms with Gasteiger partial charge in [-0.3, -0.25) is 10.1 Å². The van der Waals surface area contributed by atoms with E-state index < -0.39 is 0 Å². The number of benzene rings is 2. The second-order valence-corrected chi connectivity index (χ2v) is 6.81. The monoisotopic (exact) mass is 347 g/mol. The maximum atomic E-state index is 11.1. The van der Waals surface area contributed by atoms with Crippen molar-refractivity contribution in [3.05, 3.63) is 74.8 Å². The third-order valence-electron chi connectivity index (χ3n) is 4.64. The van der Waals surface area contributed by atoms with E-state index in [1.807, 2.05) is 30.3 Å². The lowest BCUT2D eigenvalue weighted by Crippen LogP contribution is -3.27. The van der Waals surface area contributed by atoms with Gasteiger partial charge in [-0.05, 0) is 18.2 Å². The van der Waals surface area contributed by atoms with Gasteiger partial charge in [-0.2, -0.15) is 0 Å². The molecule has 0 saturated carbocycles. The molecule has 2 aromatic rings. The van der Waals surface area contributed by atoms with Gasteiger partial charge in [-0.25, -0.2) is 0 Å². The van der Waals surface area contributed by atoms with Gasteiger partial charge in [0, 0.05) is 16.7 Å². The molecule has 5 nitrogen and oxygen atoms in total. The molecule has 2 aromatic carbocycles. The van der Waals surface area contributed by atoms with Crippen LogP contribution in [0.5, 0.6) is 0 Å². The molecule has 126 valence electrons. The zero-order chi connectivity index (χ0) is 16.9. The first kappa shape index (κ1) is 16.9. The maximum Gasteiger partial charge on any atom is 0.278 e. The summed E-state index contributed by atoms with van der Waals surface area (Å²) in [7, 11) is 0. The first-order valence-corrected chi connectivity index (χ1v) is 8.63. The van der Waals surface area contributed by atoms with E-state index in [0.717, 1.165) is 49.9 Å². The number of halogens is 1. The Bertz CT molecular complexity index is 715. The molecule has 1 heterocycles. The Labute approximate surface area is 146 Å². The molecular weight excluding hydrogens is 326 g/mol. The third-order valence-corrected chi connectivity index (χ3v) is 4.87. The second kappa shape index (κ2) is 7.75. The van der Waals surface area contributed by atoms with Gasteiger partial charge in [0.05, 0.1) is 10.5 Å². The van der Waals surface area contributed by atoms with Crippen LogP contribution >= 0.6 is 11.6 Å². The predicted octanol–water partition coefficient (Wildman–Crippen LogP) is 0.732. The summed E-state index contributed by atoms with van der Waals surface area (Å²) in [5.74, 6) is 0. The second-order valence-electron chi connectivity index (χ2n) is 6.37. The smallest absolute Gasteiger partial charge is 0.278 e. The minimum Gasteiger partial charge on any atom is -0.322 e. The van der Waals surface area contributed by atoms with Crippen LogP contribution in [0.1, 0.15) is 11.1 Å². The molecule has 6 heteroatoms. The average Bonchev–Trinajstić information content (AvgIpc) is 2.57. The molecule has 0 aliphatic carbocycles. The molecule has 1 aliphatic rings. The number of quaternary nitrogens is 2. The first-order chi connectivity index (χ1) is 11.6. The number of nitro groups is 1. The number of piperazine rings is 1. The molecule has 0 atom stereocenters. The molecule has 1 saturated heterocycles. The number of hydrogen-bond donors (Lipinski definition) is 2. The highest BCUT2D eigenvalue weighted by atomic mass is 35.5. The van der Waals surface area contributed by atoms with E-state index in [9.17, 15) is 10.1 Å². The van der Waals surface area contributed by atoms with Crippen molar-refractivity contribution in [1.29, 1.82) is 0 Å². The van der Waals surface area contributed by atoms with Gasteiger partial charge in [0.15, 0.2) is 0 Å². The van der Waals surface area contributed by atoms with E-state index in [0.29, 0.717) is 0 Å². The fourth-order valence-electron chi connectivity index (χ4n) is 3.35. The van der Waals surface area contributed by atoms with Crippen LogP contribution in [-0.2, 0) is 13.1 Å². The Morgan fingerprint density at radius 1 is 0.958 bits per heavy atom. The highest BCUT2D eigenvalue weighted by Gasteiger charge is 2.25. The van der Waals surface area contributed by atoms with Gasteiger partial charge >= 0.3 is 0 Å². The quantitative estimate of drug-likeness (QED) is 0.619. The summed E-state index contributed by atoms with van der Waals surface area (Å²) in [5.41, 5.74) is 2.33. The van der Waals surface area contributed by atoms with E-state index in [4.69, 9.17) is 11.6 Å². The molecule has 0 radical (unpaired) electrons. The largest absolute Gasteiger partial charge is 0.322 e. The highest BCUT2D eigenvalue weighted by Crippen LogP contribution is 2.16. The molecule has 3 rings (SSSR count). The van der Waals surface area contributed by atoms with E-state index >= 15 is 0 Å². The summed E-state index contributed by atoms with van der Waals surface area (Å²) in [6.45, 7) is 5.91. The highest BCUT2D eigenvalue weighted by molar-refractivity contribution is 6.30. The molecule has 0 amide bonds. The van der Waals surface area contributed by atoms with Crippen molar-refractivity contribution < 1.29 is 14.7 Å². The fraction of sp³-hybridized carbons (Fsp3) is 0.333. The zero-order valence-corrected chi connectivity index (χ0v) is 14.3. The molecule has 24 heavy (non-hydrogen) atoms. The average molecular weight is 348 g/mol. The third kappa shape index (κ3) is 4.32. The Hall–Kier alpha value is -1.95. The van der Waals surface area contributed by atoms with Crippen molar-refractivity contribution in [2.75, 3.05) is 26.2 Å². The van der Waals surface area contributed by atoms with Crippen molar-refractivity contribution >= 4 is 17.3 Å². The van der Waals surface area contributed by atoms with Gasteiger partial charge in [0.2, 0.25) is 0 Å². The van der Waals surface area contributed by atoms with Gasteiger partial charge in [0.25, 0.3) is 5.69 Å². The van der Waals surface area contributed by atoms with Crippen LogP contribution < -0.4 is 9.80 Å². The van der Waals surface area contributed by atoms with Crippen molar-refractivity contribution in [2.45, 2.75) is 13.1 Å². The van der Waals surface area contributed by atoms with E-state index in [-0.39, 0.29) is 10.6 Å². The van der Waals surface area contributed by atoms with Crippen molar-refractivity contribution in [1.82, 2.24) is 0 Å². The SMILES string of the molecule is O=[N+]([O-])c1ccccc1C[NH+]1CC[NH+](Cc2cccc(Cl)c2)CC1. The van der Waals surface area contributed by atoms with Gasteiger partial charge < -0.3 is 9.80 Å². The van der Waals surface area contributed by atoms with E-state index in [2.05, 4.69) is 6.07 Å². The van der Waals surface area contributed by atoms with Gasteiger partial charge in [-0.1, -0.05) is 35.9 Å². The Balaban J connectivity index is 1.55. The van der Waals surface area contributed by atoms with E-state index in [1.165, 1.54) is 10.5 Å². The standard InChI is InChI=1S/C18H20ClN3O2/c19-17-6-3-4-15(12-17)13-20-8-10-21(11-9-20)14-16-5-1-2-7-18(16)22(23)24/h1-7,12H,8-11,13-14H2/p+2. The van der Waals surface area contributed by atoms with Crippen LogP contribution in [-0.4, -0.2) is 31.1 Å². The molecule has 1 aliphatic heterocycles. The molecular formula is C18H22ClN3O2+2. The molecule has 0 spiro atoms. The Morgan fingerprint density at radius 3 is 2.29 bits per heavy atom. The number of hydrogen-bond acceptors (Lipinski definition) is 2. The first-order valence-electron chi connectivity index (χ1n) is 8.25. The molecule has 0 unspecified atom stereocenters. The molecule has 0 aromatic heterocycles.